The molecule has 118 valence electrons. The number of esters is 1. The number of carbonyl (C=O) groups excluding carboxylic acids is 1. The molecule has 1 saturated heterocycles. The first-order valence-electron chi connectivity index (χ1n) is 7.36. The maximum Gasteiger partial charge on any atom is 0.311 e. The molecule has 1 aliphatic rings. The van der Waals surface area contributed by atoms with Crippen LogP contribution in [0.3, 0.4) is 0 Å². The molecule has 0 radical (unpaired) electrons. The van der Waals surface area contributed by atoms with Crippen molar-refractivity contribution in [2.45, 2.75) is 70.6 Å². The van der Waals surface area contributed by atoms with Crippen LogP contribution in [0, 0.1) is 5.92 Å². The standard InChI is InChI=1S/C14H26O6/c1-3-5-9(6-4-2)14(18)20-12-7-10(16)13(17)11(8-15)19-12/h9-13,15-17H,3-8H2,1-2H3. The molecular weight excluding hydrogens is 264 g/mol. The molecule has 1 rings (SSSR count). The van der Waals surface area contributed by atoms with Crippen LogP contribution in [0.5, 0.6) is 0 Å². The van der Waals surface area contributed by atoms with Crippen LogP contribution in [-0.2, 0) is 14.3 Å². The van der Waals surface area contributed by atoms with E-state index < -0.39 is 31.2 Å². The van der Waals surface area contributed by atoms with Gasteiger partial charge in [0, 0.05) is 6.42 Å². The first-order chi connectivity index (χ1) is 9.53. The van der Waals surface area contributed by atoms with E-state index in [1.165, 1.54) is 0 Å². The summed E-state index contributed by atoms with van der Waals surface area (Å²) in [5.74, 6) is -0.496. The molecule has 4 atom stereocenters. The summed E-state index contributed by atoms with van der Waals surface area (Å²) in [4.78, 5) is 12.1. The van der Waals surface area contributed by atoms with Crippen molar-refractivity contribution in [3.8, 4) is 0 Å². The molecule has 0 amide bonds. The maximum atomic E-state index is 12.1. The third kappa shape index (κ3) is 4.70. The Balaban J connectivity index is 2.55. The van der Waals surface area contributed by atoms with E-state index in [-0.39, 0.29) is 18.3 Å². The van der Waals surface area contributed by atoms with Crippen LogP contribution >= 0.6 is 0 Å². The Kier molecular flexibility index (Phi) is 7.43. The predicted molar refractivity (Wildman–Crippen MR) is 71.8 cm³/mol. The predicted octanol–water partition coefficient (Wildman–Crippen LogP) is 0.575. The highest BCUT2D eigenvalue weighted by Crippen LogP contribution is 2.23. The second-order valence-corrected chi connectivity index (χ2v) is 5.29. The molecule has 0 aromatic heterocycles. The Morgan fingerprint density at radius 2 is 1.90 bits per heavy atom. The van der Waals surface area contributed by atoms with Gasteiger partial charge in [-0.3, -0.25) is 4.79 Å². The average Bonchev–Trinajstić information content (AvgIpc) is 2.42. The van der Waals surface area contributed by atoms with E-state index in [1.807, 2.05) is 13.8 Å². The Morgan fingerprint density at radius 1 is 1.30 bits per heavy atom. The Labute approximate surface area is 119 Å². The molecule has 0 aromatic rings. The van der Waals surface area contributed by atoms with Crippen LogP contribution in [0.4, 0.5) is 0 Å². The lowest BCUT2D eigenvalue weighted by Crippen LogP contribution is -2.51. The molecule has 0 bridgehead atoms. The smallest absolute Gasteiger partial charge is 0.311 e. The van der Waals surface area contributed by atoms with E-state index in [0.29, 0.717) is 0 Å². The van der Waals surface area contributed by atoms with Crippen molar-refractivity contribution in [3.05, 3.63) is 0 Å². The molecular formula is C14H26O6. The number of aliphatic hydroxyl groups excluding tert-OH is 3. The van der Waals surface area contributed by atoms with Crippen LogP contribution < -0.4 is 0 Å². The van der Waals surface area contributed by atoms with Gasteiger partial charge in [0.25, 0.3) is 0 Å². The van der Waals surface area contributed by atoms with Gasteiger partial charge in [-0.05, 0) is 12.8 Å². The molecule has 20 heavy (non-hydrogen) atoms. The number of ether oxygens (including phenoxy) is 2. The average molecular weight is 290 g/mol. The van der Waals surface area contributed by atoms with E-state index in [4.69, 9.17) is 14.6 Å². The van der Waals surface area contributed by atoms with Gasteiger partial charge in [-0.15, -0.1) is 0 Å². The van der Waals surface area contributed by atoms with Crippen LogP contribution in [0.15, 0.2) is 0 Å². The van der Waals surface area contributed by atoms with Crippen LogP contribution in [-0.4, -0.2) is 52.5 Å². The third-order valence-corrected chi connectivity index (χ3v) is 3.57. The number of hydrogen-bond donors (Lipinski definition) is 3. The Hall–Kier alpha value is -0.690. The quantitative estimate of drug-likeness (QED) is 0.593. The fourth-order valence-corrected chi connectivity index (χ4v) is 2.45. The van der Waals surface area contributed by atoms with Crippen molar-refractivity contribution in [1.29, 1.82) is 0 Å². The largest absolute Gasteiger partial charge is 0.435 e. The minimum atomic E-state index is -1.16. The van der Waals surface area contributed by atoms with Gasteiger partial charge < -0.3 is 24.8 Å². The topological polar surface area (TPSA) is 96.2 Å². The van der Waals surface area contributed by atoms with Crippen molar-refractivity contribution in [3.63, 3.8) is 0 Å². The first-order valence-corrected chi connectivity index (χ1v) is 7.36. The lowest BCUT2D eigenvalue weighted by atomic mass is 9.98. The molecule has 3 N–H and O–H groups in total. The highest BCUT2D eigenvalue weighted by atomic mass is 16.7. The first kappa shape index (κ1) is 17.4. The number of rotatable bonds is 7. The second kappa shape index (κ2) is 8.56. The number of aliphatic hydroxyl groups is 3. The van der Waals surface area contributed by atoms with Gasteiger partial charge in [-0.1, -0.05) is 26.7 Å². The summed E-state index contributed by atoms with van der Waals surface area (Å²) in [5.41, 5.74) is 0. The molecule has 1 heterocycles. The molecule has 1 aliphatic heterocycles. The Morgan fingerprint density at radius 3 is 2.40 bits per heavy atom. The fourth-order valence-electron chi connectivity index (χ4n) is 2.45. The zero-order valence-electron chi connectivity index (χ0n) is 12.2. The van der Waals surface area contributed by atoms with Crippen molar-refractivity contribution in [2.24, 2.45) is 5.92 Å². The zero-order valence-corrected chi connectivity index (χ0v) is 12.2. The SMILES string of the molecule is CCCC(CCC)C(=O)OC1CC(O)C(O)C(CO)O1. The summed E-state index contributed by atoms with van der Waals surface area (Å²) >= 11 is 0. The third-order valence-electron chi connectivity index (χ3n) is 3.57. The zero-order chi connectivity index (χ0) is 15.1. The van der Waals surface area contributed by atoms with E-state index in [2.05, 4.69) is 0 Å². The minimum absolute atomic E-state index is 0.0222. The van der Waals surface area contributed by atoms with Crippen LogP contribution in [0.2, 0.25) is 0 Å². The highest BCUT2D eigenvalue weighted by molar-refractivity contribution is 5.72. The lowest BCUT2D eigenvalue weighted by molar-refractivity contribution is -0.253. The second-order valence-electron chi connectivity index (χ2n) is 5.29. The number of carbonyl (C=O) groups is 1. The van der Waals surface area contributed by atoms with Gasteiger partial charge in [0.15, 0.2) is 0 Å². The van der Waals surface area contributed by atoms with E-state index in [0.717, 1.165) is 25.7 Å². The molecule has 0 aromatic carbocycles. The van der Waals surface area contributed by atoms with Gasteiger partial charge in [0.05, 0.1) is 18.6 Å². The highest BCUT2D eigenvalue weighted by Gasteiger charge is 2.38. The van der Waals surface area contributed by atoms with E-state index in [1.54, 1.807) is 0 Å². The normalized spacial score (nSPS) is 30.5. The van der Waals surface area contributed by atoms with Gasteiger partial charge in [-0.25, -0.2) is 0 Å². The summed E-state index contributed by atoms with van der Waals surface area (Å²) in [5, 5.41) is 28.3. The van der Waals surface area contributed by atoms with E-state index >= 15 is 0 Å². The van der Waals surface area contributed by atoms with Crippen LogP contribution in [0.1, 0.15) is 46.0 Å². The monoisotopic (exact) mass is 290 g/mol. The molecule has 6 nitrogen and oxygen atoms in total. The maximum absolute atomic E-state index is 12.1. The molecule has 0 saturated carbocycles. The molecule has 6 heteroatoms. The molecule has 0 aliphatic carbocycles. The lowest BCUT2D eigenvalue weighted by Gasteiger charge is -2.36. The molecule has 0 spiro atoms. The summed E-state index contributed by atoms with van der Waals surface area (Å²) < 4.78 is 10.6. The Bertz CT molecular complexity index is 289. The van der Waals surface area contributed by atoms with Gasteiger partial charge in [0.1, 0.15) is 12.2 Å². The van der Waals surface area contributed by atoms with Crippen molar-refractivity contribution in [2.75, 3.05) is 6.61 Å². The van der Waals surface area contributed by atoms with Crippen molar-refractivity contribution < 1.29 is 29.6 Å². The summed E-state index contributed by atoms with van der Waals surface area (Å²) in [6.07, 6.45) is -0.720. The number of hydrogen-bond acceptors (Lipinski definition) is 6. The van der Waals surface area contributed by atoms with Gasteiger partial charge >= 0.3 is 5.97 Å². The van der Waals surface area contributed by atoms with Crippen LogP contribution in [0.25, 0.3) is 0 Å². The van der Waals surface area contributed by atoms with E-state index in [9.17, 15) is 15.0 Å². The summed E-state index contributed by atoms with van der Waals surface area (Å²) in [6, 6.07) is 0. The fraction of sp³-hybridized carbons (Fsp3) is 0.929. The van der Waals surface area contributed by atoms with Crippen molar-refractivity contribution in [1.82, 2.24) is 0 Å². The molecule has 4 unspecified atom stereocenters. The molecule has 1 fully saturated rings. The van der Waals surface area contributed by atoms with Gasteiger partial charge in [-0.2, -0.15) is 0 Å². The van der Waals surface area contributed by atoms with Crippen molar-refractivity contribution >= 4 is 5.97 Å². The minimum Gasteiger partial charge on any atom is -0.435 e. The summed E-state index contributed by atoms with van der Waals surface area (Å²) in [6.45, 7) is 3.59. The van der Waals surface area contributed by atoms with Gasteiger partial charge in [0.2, 0.25) is 6.29 Å². The summed E-state index contributed by atoms with van der Waals surface area (Å²) in [7, 11) is 0.